The number of hydrogen-bond donors (Lipinski definition) is 1. The van der Waals surface area contributed by atoms with Crippen molar-refractivity contribution in [2.75, 3.05) is 0 Å². The second-order valence-electron chi connectivity index (χ2n) is 5.94. The van der Waals surface area contributed by atoms with Gasteiger partial charge in [0.2, 0.25) is 5.91 Å². The lowest BCUT2D eigenvalue weighted by Gasteiger charge is -2.14. The number of benzene rings is 2. The number of rotatable bonds is 6. The molecule has 0 aliphatic rings. The quantitative estimate of drug-likeness (QED) is 0.553. The highest BCUT2D eigenvalue weighted by molar-refractivity contribution is 9.10. The molecule has 6 heteroatoms. The van der Waals surface area contributed by atoms with Crippen LogP contribution in [-0.4, -0.2) is 10.9 Å². The minimum absolute atomic E-state index is 0.0463. The highest BCUT2D eigenvalue weighted by atomic mass is 79.9. The number of oxazole rings is 1. The van der Waals surface area contributed by atoms with E-state index < -0.39 is 0 Å². The van der Waals surface area contributed by atoms with E-state index in [0.29, 0.717) is 29.5 Å². The average Bonchev–Trinajstić information content (AvgIpc) is 3.09. The van der Waals surface area contributed by atoms with Gasteiger partial charge in [-0.25, -0.2) is 4.98 Å². The molecule has 0 spiro atoms. The second kappa shape index (κ2) is 8.52. The second-order valence-corrected chi connectivity index (χ2v) is 7.27. The van der Waals surface area contributed by atoms with Gasteiger partial charge in [0.25, 0.3) is 0 Å². The zero-order chi connectivity index (χ0) is 18.5. The third-order valence-corrected chi connectivity index (χ3v) is 4.81. The van der Waals surface area contributed by atoms with Crippen molar-refractivity contribution in [1.82, 2.24) is 10.3 Å². The highest BCUT2D eigenvalue weighted by Crippen LogP contribution is 2.28. The SMILES string of the molecule is CC(NC(=O)CCc1ncc(-c2ccccc2Cl)o1)c1cccc(Br)c1. The fourth-order valence-corrected chi connectivity index (χ4v) is 3.25. The van der Waals surface area contributed by atoms with E-state index in [1.807, 2.05) is 49.4 Å². The lowest BCUT2D eigenvalue weighted by molar-refractivity contribution is -0.121. The van der Waals surface area contributed by atoms with Crippen LogP contribution in [0.2, 0.25) is 5.02 Å². The Bertz CT molecular complexity index is 910. The van der Waals surface area contributed by atoms with E-state index in [1.54, 1.807) is 12.3 Å². The molecule has 2 aromatic carbocycles. The summed E-state index contributed by atoms with van der Waals surface area (Å²) in [6, 6.07) is 15.2. The summed E-state index contributed by atoms with van der Waals surface area (Å²) < 4.78 is 6.71. The largest absolute Gasteiger partial charge is 0.441 e. The maximum atomic E-state index is 12.2. The van der Waals surface area contributed by atoms with Crippen LogP contribution in [0.25, 0.3) is 11.3 Å². The van der Waals surface area contributed by atoms with Crippen LogP contribution in [0.3, 0.4) is 0 Å². The monoisotopic (exact) mass is 432 g/mol. The van der Waals surface area contributed by atoms with Crippen molar-refractivity contribution >= 4 is 33.4 Å². The molecule has 0 aliphatic carbocycles. The first-order valence-electron chi connectivity index (χ1n) is 8.27. The van der Waals surface area contributed by atoms with E-state index in [-0.39, 0.29) is 11.9 Å². The lowest BCUT2D eigenvalue weighted by atomic mass is 10.1. The van der Waals surface area contributed by atoms with Crippen molar-refractivity contribution in [2.24, 2.45) is 0 Å². The van der Waals surface area contributed by atoms with Crippen molar-refractivity contribution in [2.45, 2.75) is 25.8 Å². The number of carbonyl (C=O) groups is 1. The highest BCUT2D eigenvalue weighted by Gasteiger charge is 2.13. The van der Waals surface area contributed by atoms with Crippen LogP contribution >= 0.6 is 27.5 Å². The molecule has 0 radical (unpaired) electrons. The first kappa shape index (κ1) is 18.7. The number of amides is 1. The summed E-state index contributed by atoms with van der Waals surface area (Å²) in [4.78, 5) is 16.4. The molecule has 1 N–H and O–H groups in total. The predicted octanol–water partition coefficient (Wildman–Crippen LogP) is 5.57. The number of nitrogens with one attached hydrogen (secondary N) is 1. The molecule has 0 saturated carbocycles. The minimum Gasteiger partial charge on any atom is -0.441 e. The Kier molecular flexibility index (Phi) is 6.12. The summed E-state index contributed by atoms with van der Waals surface area (Å²) in [5, 5.41) is 3.60. The van der Waals surface area contributed by atoms with Crippen molar-refractivity contribution < 1.29 is 9.21 Å². The Morgan fingerprint density at radius 3 is 2.85 bits per heavy atom. The van der Waals surface area contributed by atoms with E-state index in [0.717, 1.165) is 15.6 Å². The molecule has 0 aliphatic heterocycles. The first-order valence-corrected chi connectivity index (χ1v) is 9.44. The normalized spacial score (nSPS) is 12.0. The Hall–Kier alpha value is -2.11. The smallest absolute Gasteiger partial charge is 0.220 e. The number of aromatic nitrogens is 1. The summed E-state index contributed by atoms with van der Waals surface area (Å²) in [5.74, 6) is 1.08. The number of aryl methyl sites for hydroxylation is 1. The van der Waals surface area contributed by atoms with Crippen LogP contribution in [0.5, 0.6) is 0 Å². The molecule has 1 aromatic heterocycles. The van der Waals surface area contributed by atoms with Crippen LogP contribution < -0.4 is 5.32 Å². The van der Waals surface area contributed by atoms with Gasteiger partial charge in [-0.05, 0) is 36.8 Å². The Balaban J connectivity index is 1.56. The molecule has 0 fully saturated rings. The Morgan fingerprint density at radius 2 is 2.08 bits per heavy atom. The Morgan fingerprint density at radius 1 is 1.27 bits per heavy atom. The molecule has 134 valence electrons. The van der Waals surface area contributed by atoms with Crippen LogP contribution in [0, 0.1) is 0 Å². The zero-order valence-corrected chi connectivity index (χ0v) is 16.5. The molecule has 3 rings (SSSR count). The van der Waals surface area contributed by atoms with E-state index in [4.69, 9.17) is 16.0 Å². The van der Waals surface area contributed by atoms with Gasteiger partial charge in [0.05, 0.1) is 17.3 Å². The number of halogens is 2. The lowest BCUT2D eigenvalue weighted by Crippen LogP contribution is -2.26. The average molecular weight is 434 g/mol. The fraction of sp³-hybridized carbons (Fsp3) is 0.200. The predicted molar refractivity (Wildman–Crippen MR) is 106 cm³/mol. The summed E-state index contributed by atoms with van der Waals surface area (Å²) in [7, 11) is 0. The van der Waals surface area contributed by atoms with Gasteiger partial charge in [-0.1, -0.05) is 51.8 Å². The molecule has 1 unspecified atom stereocenters. The first-order chi connectivity index (χ1) is 12.5. The summed E-state index contributed by atoms with van der Waals surface area (Å²) in [5.41, 5.74) is 1.84. The van der Waals surface area contributed by atoms with Gasteiger partial charge >= 0.3 is 0 Å². The fourth-order valence-electron chi connectivity index (χ4n) is 2.60. The molecule has 1 atom stereocenters. The Labute approximate surface area is 165 Å². The molecule has 26 heavy (non-hydrogen) atoms. The van der Waals surface area contributed by atoms with Gasteiger partial charge < -0.3 is 9.73 Å². The summed E-state index contributed by atoms with van der Waals surface area (Å²) >= 11 is 9.61. The van der Waals surface area contributed by atoms with Gasteiger partial charge in [0, 0.05) is 22.9 Å². The van der Waals surface area contributed by atoms with Crippen molar-refractivity contribution in [3.63, 3.8) is 0 Å². The molecule has 1 amide bonds. The van der Waals surface area contributed by atoms with Gasteiger partial charge in [-0.3, -0.25) is 4.79 Å². The minimum atomic E-state index is -0.0664. The van der Waals surface area contributed by atoms with Crippen LogP contribution in [0.15, 0.2) is 63.6 Å². The van der Waals surface area contributed by atoms with E-state index in [2.05, 4.69) is 26.2 Å². The van der Waals surface area contributed by atoms with E-state index in [9.17, 15) is 4.79 Å². The van der Waals surface area contributed by atoms with E-state index >= 15 is 0 Å². The standard InChI is InChI=1S/C20H18BrClN2O2/c1-13(14-5-4-6-15(21)11-14)24-19(25)9-10-20-23-12-18(26-20)16-7-2-3-8-17(16)22/h2-8,11-13H,9-10H2,1H3,(H,24,25). The van der Waals surface area contributed by atoms with Crippen LogP contribution in [0.4, 0.5) is 0 Å². The van der Waals surface area contributed by atoms with Crippen molar-refractivity contribution in [1.29, 1.82) is 0 Å². The van der Waals surface area contributed by atoms with E-state index in [1.165, 1.54) is 0 Å². The van der Waals surface area contributed by atoms with Gasteiger partial charge in [-0.15, -0.1) is 0 Å². The maximum Gasteiger partial charge on any atom is 0.220 e. The van der Waals surface area contributed by atoms with Crippen LogP contribution in [-0.2, 0) is 11.2 Å². The van der Waals surface area contributed by atoms with Crippen molar-refractivity contribution in [3.05, 3.63) is 75.7 Å². The third-order valence-electron chi connectivity index (χ3n) is 3.98. The van der Waals surface area contributed by atoms with Crippen molar-refractivity contribution in [3.8, 4) is 11.3 Å². The molecular weight excluding hydrogens is 416 g/mol. The topological polar surface area (TPSA) is 55.1 Å². The number of nitrogens with zero attached hydrogens (tertiary/aromatic N) is 1. The zero-order valence-electron chi connectivity index (χ0n) is 14.2. The molecule has 3 aromatic rings. The molecule has 0 bridgehead atoms. The number of carbonyl (C=O) groups excluding carboxylic acids is 1. The summed E-state index contributed by atoms with van der Waals surface area (Å²) in [6.45, 7) is 1.96. The molecule has 1 heterocycles. The maximum absolute atomic E-state index is 12.2. The summed E-state index contributed by atoms with van der Waals surface area (Å²) in [6.07, 6.45) is 2.38. The molecule has 0 saturated heterocycles. The number of hydrogen-bond acceptors (Lipinski definition) is 3. The third kappa shape index (κ3) is 4.74. The van der Waals surface area contributed by atoms with Gasteiger partial charge in [0.15, 0.2) is 11.7 Å². The van der Waals surface area contributed by atoms with Crippen LogP contribution in [0.1, 0.15) is 30.8 Å². The molecular formula is C20H18BrClN2O2. The molecule has 4 nitrogen and oxygen atoms in total. The van der Waals surface area contributed by atoms with Gasteiger partial charge in [0.1, 0.15) is 0 Å². The van der Waals surface area contributed by atoms with Gasteiger partial charge in [-0.2, -0.15) is 0 Å².